The van der Waals surface area contributed by atoms with Crippen molar-refractivity contribution in [1.82, 2.24) is 20.0 Å². The summed E-state index contributed by atoms with van der Waals surface area (Å²) in [4.78, 5) is 32.1. The second-order valence-electron chi connectivity index (χ2n) is 8.74. The molecule has 1 N–H and O–H groups in total. The van der Waals surface area contributed by atoms with E-state index in [1.165, 1.54) is 11.3 Å². The lowest BCUT2D eigenvalue weighted by Gasteiger charge is -2.17. The van der Waals surface area contributed by atoms with Crippen LogP contribution in [0.15, 0.2) is 72.1 Å². The van der Waals surface area contributed by atoms with E-state index in [1.54, 1.807) is 4.68 Å². The van der Waals surface area contributed by atoms with Gasteiger partial charge in [0.05, 0.1) is 11.2 Å². The van der Waals surface area contributed by atoms with Gasteiger partial charge in [-0.1, -0.05) is 41.1 Å². The first-order valence-corrected chi connectivity index (χ1v) is 12.5. The van der Waals surface area contributed by atoms with Crippen molar-refractivity contribution >= 4 is 45.0 Å². The van der Waals surface area contributed by atoms with Crippen molar-refractivity contribution in [3.63, 3.8) is 0 Å². The number of thiazole rings is 1. The van der Waals surface area contributed by atoms with Crippen molar-refractivity contribution in [2.24, 2.45) is 0 Å². The number of hydrogen-bond donors (Lipinski definition) is 1. The maximum atomic E-state index is 13.0. The molecule has 8 nitrogen and oxygen atoms in total. The average molecular weight is 495 g/mol. The van der Waals surface area contributed by atoms with Gasteiger partial charge >= 0.3 is 0 Å². The highest BCUT2D eigenvalue weighted by molar-refractivity contribution is 7.14. The maximum absolute atomic E-state index is 13.0. The number of aromatic nitrogens is 4. The zero-order valence-electron chi connectivity index (χ0n) is 19.5. The molecule has 0 saturated carbocycles. The van der Waals surface area contributed by atoms with Crippen LogP contribution < -0.4 is 10.2 Å². The molecule has 1 aliphatic rings. The van der Waals surface area contributed by atoms with Gasteiger partial charge in [0.1, 0.15) is 12.1 Å². The van der Waals surface area contributed by atoms with Crippen LogP contribution in [0.3, 0.4) is 0 Å². The molecule has 0 radical (unpaired) electrons. The fourth-order valence-corrected chi connectivity index (χ4v) is 5.15. The third-order valence-corrected chi connectivity index (χ3v) is 7.04. The average Bonchev–Trinajstić information content (AvgIpc) is 3.63. The van der Waals surface area contributed by atoms with E-state index >= 15 is 0 Å². The fourth-order valence-electron chi connectivity index (χ4n) is 4.42. The Hall–Kier alpha value is -4.37. The van der Waals surface area contributed by atoms with Gasteiger partial charge in [-0.25, -0.2) is 9.67 Å². The summed E-state index contributed by atoms with van der Waals surface area (Å²) in [5, 5.41) is 13.5. The summed E-state index contributed by atoms with van der Waals surface area (Å²) in [6.45, 7) is 2.72. The topological polar surface area (TPSA) is 93.0 Å². The van der Waals surface area contributed by atoms with Crippen molar-refractivity contribution in [2.75, 3.05) is 16.8 Å². The van der Waals surface area contributed by atoms with Gasteiger partial charge in [-0.2, -0.15) is 0 Å². The minimum absolute atomic E-state index is 0.0142. The molecule has 0 spiro atoms. The van der Waals surface area contributed by atoms with Crippen LogP contribution in [0, 0.1) is 6.92 Å². The molecule has 3 heterocycles. The Balaban J connectivity index is 1.15. The number of anilines is 2. The van der Waals surface area contributed by atoms with Gasteiger partial charge in [0.25, 0.3) is 5.91 Å². The summed E-state index contributed by atoms with van der Waals surface area (Å²) in [5.74, 6) is -0.203. The summed E-state index contributed by atoms with van der Waals surface area (Å²) in [6, 6.07) is 21.2. The molecule has 36 heavy (non-hydrogen) atoms. The lowest BCUT2D eigenvalue weighted by Crippen LogP contribution is -2.28. The molecule has 2 aromatic heterocycles. The Bertz CT molecular complexity index is 1600. The van der Waals surface area contributed by atoms with Crippen LogP contribution in [0.5, 0.6) is 0 Å². The van der Waals surface area contributed by atoms with E-state index in [4.69, 9.17) is 0 Å². The number of carbonyl (C=O) groups excluding carboxylic acids is 2. The van der Waals surface area contributed by atoms with Crippen molar-refractivity contribution in [3.05, 3.63) is 88.8 Å². The van der Waals surface area contributed by atoms with Crippen LogP contribution in [0.2, 0.25) is 0 Å². The predicted molar refractivity (Wildman–Crippen MR) is 140 cm³/mol. The molecule has 1 aliphatic heterocycles. The van der Waals surface area contributed by atoms with Gasteiger partial charge in [0.15, 0.2) is 5.13 Å². The molecular weight excluding hydrogens is 472 g/mol. The highest BCUT2D eigenvalue weighted by Crippen LogP contribution is 2.34. The maximum Gasteiger partial charge on any atom is 0.258 e. The SMILES string of the molecule is Cc1ccc(C(=O)N2CCc3cc(-c4csc(NC(=O)Cn5nnc6ccccc65)n4)ccc32)cc1. The Labute approximate surface area is 211 Å². The number of hydrogen-bond acceptors (Lipinski definition) is 6. The number of benzene rings is 3. The van der Waals surface area contributed by atoms with Crippen molar-refractivity contribution < 1.29 is 9.59 Å². The van der Waals surface area contributed by atoms with Gasteiger partial charge in [0.2, 0.25) is 5.91 Å². The van der Waals surface area contributed by atoms with Crippen molar-refractivity contribution in [1.29, 1.82) is 0 Å². The van der Waals surface area contributed by atoms with Gasteiger partial charge in [0, 0.05) is 28.7 Å². The number of carbonyl (C=O) groups is 2. The van der Waals surface area contributed by atoms with Gasteiger partial charge in [-0.3, -0.25) is 9.59 Å². The lowest BCUT2D eigenvalue weighted by molar-refractivity contribution is -0.116. The monoisotopic (exact) mass is 494 g/mol. The molecule has 5 aromatic rings. The number of nitrogens with zero attached hydrogens (tertiary/aromatic N) is 5. The van der Waals surface area contributed by atoms with Crippen LogP contribution in [0.1, 0.15) is 21.5 Å². The van der Waals surface area contributed by atoms with E-state index in [0.29, 0.717) is 17.2 Å². The van der Waals surface area contributed by atoms with Crippen LogP contribution in [0.4, 0.5) is 10.8 Å². The molecule has 0 bridgehead atoms. The van der Waals surface area contributed by atoms with E-state index < -0.39 is 0 Å². The zero-order valence-corrected chi connectivity index (χ0v) is 20.3. The normalized spacial score (nSPS) is 12.6. The van der Waals surface area contributed by atoms with Crippen LogP contribution in [-0.4, -0.2) is 38.3 Å². The Morgan fingerprint density at radius 2 is 1.89 bits per heavy atom. The second kappa shape index (κ2) is 9.01. The van der Waals surface area contributed by atoms with Gasteiger partial charge in [-0.15, -0.1) is 16.4 Å². The molecule has 0 aliphatic carbocycles. The van der Waals surface area contributed by atoms with Gasteiger partial charge in [-0.05, 0) is 55.3 Å². The fraction of sp³-hybridized carbons (Fsp3) is 0.148. The summed E-state index contributed by atoms with van der Waals surface area (Å²) in [5.41, 5.74) is 7.17. The Morgan fingerprint density at radius 1 is 1.06 bits per heavy atom. The molecule has 6 rings (SSSR count). The number of aryl methyl sites for hydroxylation is 1. The largest absolute Gasteiger partial charge is 0.308 e. The molecule has 0 saturated heterocycles. The first-order valence-electron chi connectivity index (χ1n) is 11.6. The molecule has 0 atom stereocenters. The number of nitrogens with one attached hydrogen (secondary N) is 1. The van der Waals surface area contributed by atoms with E-state index in [9.17, 15) is 9.59 Å². The first kappa shape index (κ1) is 22.1. The number of fused-ring (bicyclic) bond motifs is 2. The Kier molecular flexibility index (Phi) is 5.54. The third kappa shape index (κ3) is 4.14. The van der Waals surface area contributed by atoms with Crippen molar-refractivity contribution in [2.45, 2.75) is 19.9 Å². The summed E-state index contributed by atoms with van der Waals surface area (Å²) >= 11 is 1.37. The quantitative estimate of drug-likeness (QED) is 0.382. The third-order valence-electron chi connectivity index (χ3n) is 6.28. The smallest absolute Gasteiger partial charge is 0.258 e. The molecule has 3 aromatic carbocycles. The van der Waals surface area contributed by atoms with Crippen molar-refractivity contribution in [3.8, 4) is 11.3 Å². The zero-order chi connectivity index (χ0) is 24.6. The minimum Gasteiger partial charge on any atom is -0.308 e. The molecule has 178 valence electrons. The molecule has 2 amide bonds. The van der Waals surface area contributed by atoms with E-state index in [0.717, 1.165) is 45.5 Å². The second-order valence-corrected chi connectivity index (χ2v) is 9.60. The highest BCUT2D eigenvalue weighted by Gasteiger charge is 2.26. The minimum atomic E-state index is -0.217. The summed E-state index contributed by atoms with van der Waals surface area (Å²) < 4.78 is 1.57. The Morgan fingerprint density at radius 3 is 2.75 bits per heavy atom. The first-order chi connectivity index (χ1) is 17.5. The number of rotatable bonds is 5. The predicted octanol–water partition coefficient (Wildman–Crippen LogP) is 4.70. The molecule has 9 heteroatoms. The van der Waals surface area contributed by atoms with E-state index in [2.05, 4.69) is 26.7 Å². The molecule has 0 fully saturated rings. The molecule has 0 unspecified atom stereocenters. The standard InChI is InChI=1S/C27H22N6O2S/c1-17-6-8-18(9-7-17)26(35)32-13-12-20-14-19(10-11-23(20)32)22-16-36-27(28-22)29-25(34)15-33-24-5-3-2-4-21(24)30-31-33/h2-11,14,16H,12-13,15H2,1H3,(H,28,29,34). The van der Waals surface area contributed by atoms with Gasteiger partial charge < -0.3 is 10.2 Å². The van der Waals surface area contributed by atoms with E-state index in [1.807, 2.05) is 77.9 Å². The number of amides is 2. The van der Waals surface area contributed by atoms with E-state index in [-0.39, 0.29) is 18.4 Å². The summed E-state index contributed by atoms with van der Waals surface area (Å²) in [6.07, 6.45) is 0.792. The molecular formula is C27H22N6O2S. The highest BCUT2D eigenvalue weighted by atomic mass is 32.1. The summed E-state index contributed by atoms with van der Waals surface area (Å²) in [7, 11) is 0. The van der Waals surface area contributed by atoms with Crippen LogP contribution in [-0.2, 0) is 17.8 Å². The van der Waals surface area contributed by atoms with Crippen LogP contribution in [0.25, 0.3) is 22.3 Å². The number of para-hydroxylation sites is 1. The van der Waals surface area contributed by atoms with Crippen LogP contribution >= 0.6 is 11.3 Å². The lowest BCUT2D eigenvalue weighted by atomic mass is 10.1.